The maximum atomic E-state index is 14.0. The van der Waals surface area contributed by atoms with Crippen LogP contribution in [0.2, 0.25) is 0 Å². The first-order valence-electron chi connectivity index (χ1n) is 7.05. The van der Waals surface area contributed by atoms with Crippen LogP contribution in [0.15, 0.2) is 36.5 Å². The normalized spacial score (nSPS) is 20.7. The fourth-order valence-electron chi connectivity index (χ4n) is 2.80. The van der Waals surface area contributed by atoms with Gasteiger partial charge >= 0.3 is 0 Å². The lowest BCUT2D eigenvalue weighted by molar-refractivity contribution is 0.0704. The molecule has 7 heteroatoms. The van der Waals surface area contributed by atoms with Crippen LogP contribution < -0.4 is 0 Å². The standard InChI is InChI=1S/C16H14F2N2O3/c17-9-3-4-12(18)11(6-9)13-7-10(21)8-20(13)16(23)15-14(22)2-1-5-19-15/h1-6,10,13,21-22H,7-8H2/t10-,13+/m1/s1. The van der Waals surface area contributed by atoms with E-state index in [-0.39, 0.29) is 30.0 Å². The lowest BCUT2D eigenvalue weighted by Gasteiger charge is -2.25. The van der Waals surface area contributed by atoms with Crippen molar-refractivity contribution in [1.29, 1.82) is 0 Å². The summed E-state index contributed by atoms with van der Waals surface area (Å²) in [5, 5.41) is 19.6. The number of hydrogen-bond donors (Lipinski definition) is 2. The molecule has 1 aromatic carbocycles. The number of aliphatic hydroxyl groups is 1. The zero-order valence-electron chi connectivity index (χ0n) is 12.0. The van der Waals surface area contributed by atoms with Crippen molar-refractivity contribution in [2.24, 2.45) is 0 Å². The number of hydrogen-bond acceptors (Lipinski definition) is 4. The van der Waals surface area contributed by atoms with Crippen LogP contribution in [0.3, 0.4) is 0 Å². The highest BCUT2D eigenvalue weighted by Crippen LogP contribution is 2.35. The van der Waals surface area contributed by atoms with E-state index in [0.717, 1.165) is 18.2 Å². The van der Waals surface area contributed by atoms with Crippen molar-refractivity contribution in [1.82, 2.24) is 9.88 Å². The fraction of sp³-hybridized carbons (Fsp3) is 0.250. The molecule has 3 rings (SSSR count). The number of carbonyl (C=O) groups excluding carboxylic acids is 1. The molecule has 0 aliphatic carbocycles. The Balaban J connectivity index is 1.99. The lowest BCUT2D eigenvalue weighted by Crippen LogP contribution is -2.32. The van der Waals surface area contributed by atoms with Gasteiger partial charge in [0, 0.05) is 18.3 Å². The van der Waals surface area contributed by atoms with Crippen molar-refractivity contribution in [2.75, 3.05) is 6.54 Å². The number of amides is 1. The molecule has 23 heavy (non-hydrogen) atoms. The molecular weight excluding hydrogens is 306 g/mol. The van der Waals surface area contributed by atoms with Crippen LogP contribution in [0.1, 0.15) is 28.5 Å². The third-order valence-corrected chi connectivity index (χ3v) is 3.85. The van der Waals surface area contributed by atoms with Gasteiger partial charge in [-0.15, -0.1) is 0 Å². The van der Waals surface area contributed by atoms with Crippen molar-refractivity contribution in [3.8, 4) is 5.75 Å². The Morgan fingerprint density at radius 2 is 2.09 bits per heavy atom. The summed E-state index contributed by atoms with van der Waals surface area (Å²) in [5.41, 5.74) is -0.200. The molecule has 0 saturated carbocycles. The molecule has 1 saturated heterocycles. The topological polar surface area (TPSA) is 73.7 Å². The number of pyridine rings is 1. The maximum Gasteiger partial charge on any atom is 0.276 e. The largest absolute Gasteiger partial charge is 0.505 e. The van der Waals surface area contributed by atoms with E-state index in [1.54, 1.807) is 0 Å². The summed E-state index contributed by atoms with van der Waals surface area (Å²) in [7, 11) is 0. The quantitative estimate of drug-likeness (QED) is 0.888. The van der Waals surface area contributed by atoms with E-state index in [4.69, 9.17) is 0 Å². The number of rotatable bonds is 2. The van der Waals surface area contributed by atoms with Crippen LogP contribution >= 0.6 is 0 Å². The summed E-state index contributed by atoms with van der Waals surface area (Å²) in [5.74, 6) is -2.24. The number of aromatic hydroxyl groups is 1. The summed E-state index contributed by atoms with van der Waals surface area (Å²) < 4.78 is 27.4. The summed E-state index contributed by atoms with van der Waals surface area (Å²) in [6.07, 6.45) is 0.564. The van der Waals surface area contributed by atoms with Crippen LogP contribution in [-0.4, -0.2) is 38.7 Å². The average Bonchev–Trinajstić information content (AvgIpc) is 2.91. The highest BCUT2D eigenvalue weighted by atomic mass is 19.1. The Morgan fingerprint density at radius 3 is 2.83 bits per heavy atom. The van der Waals surface area contributed by atoms with E-state index in [1.807, 2.05) is 0 Å². The molecule has 2 aromatic rings. The third kappa shape index (κ3) is 2.87. The Labute approximate surface area is 130 Å². The minimum Gasteiger partial charge on any atom is -0.505 e. The predicted octanol–water partition coefficient (Wildman–Crippen LogP) is 2.01. The second-order valence-electron chi connectivity index (χ2n) is 5.40. The smallest absolute Gasteiger partial charge is 0.276 e. The summed E-state index contributed by atoms with van der Waals surface area (Å²) in [6, 6.07) is 4.93. The second-order valence-corrected chi connectivity index (χ2v) is 5.40. The van der Waals surface area contributed by atoms with E-state index in [0.29, 0.717) is 0 Å². The van der Waals surface area contributed by atoms with Crippen LogP contribution in [0.25, 0.3) is 0 Å². The van der Waals surface area contributed by atoms with Gasteiger partial charge in [-0.05, 0) is 36.8 Å². The molecule has 2 atom stereocenters. The first-order valence-corrected chi connectivity index (χ1v) is 7.05. The molecular formula is C16H14F2N2O3. The van der Waals surface area contributed by atoms with E-state index >= 15 is 0 Å². The van der Waals surface area contributed by atoms with Crippen LogP contribution in [0.4, 0.5) is 8.78 Å². The van der Waals surface area contributed by atoms with E-state index in [2.05, 4.69) is 4.98 Å². The Bertz CT molecular complexity index is 754. The Morgan fingerprint density at radius 1 is 1.30 bits per heavy atom. The molecule has 1 aliphatic heterocycles. The third-order valence-electron chi connectivity index (χ3n) is 3.85. The Kier molecular flexibility index (Phi) is 3.96. The van der Waals surface area contributed by atoms with Gasteiger partial charge in [0.2, 0.25) is 0 Å². The van der Waals surface area contributed by atoms with Crippen molar-refractivity contribution < 1.29 is 23.8 Å². The number of likely N-dealkylation sites (tertiary alicyclic amines) is 1. The summed E-state index contributed by atoms with van der Waals surface area (Å²) >= 11 is 0. The van der Waals surface area contributed by atoms with Gasteiger partial charge in [0.25, 0.3) is 5.91 Å². The molecule has 1 amide bonds. The number of aliphatic hydroxyl groups excluding tert-OH is 1. The van der Waals surface area contributed by atoms with Crippen LogP contribution in [-0.2, 0) is 0 Å². The number of β-amino-alcohol motifs (C(OH)–C–C–N with tert-alkyl or cyclic N) is 1. The molecule has 0 unspecified atom stereocenters. The zero-order valence-corrected chi connectivity index (χ0v) is 12.0. The highest BCUT2D eigenvalue weighted by Gasteiger charge is 2.38. The monoisotopic (exact) mass is 320 g/mol. The molecule has 1 aliphatic rings. The van der Waals surface area contributed by atoms with Crippen molar-refractivity contribution in [2.45, 2.75) is 18.6 Å². The van der Waals surface area contributed by atoms with Gasteiger partial charge in [-0.25, -0.2) is 13.8 Å². The molecule has 0 bridgehead atoms. The van der Waals surface area contributed by atoms with E-state index < -0.39 is 29.7 Å². The molecule has 5 nitrogen and oxygen atoms in total. The second kappa shape index (κ2) is 5.92. The molecule has 0 spiro atoms. The average molecular weight is 320 g/mol. The predicted molar refractivity (Wildman–Crippen MR) is 76.7 cm³/mol. The van der Waals surface area contributed by atoms with Gasteiger partial charge in [0.15, 0.2) is 5.69 Å². The van der Waals surface area contributed by atoms with Gasteiger partial charge in [-0.2, -0.15) is 0 Å². The molecule has 2 N–H and O–H groups in total. The maximum absolute atomic E-state index is 14.0. The Hall–Kier alpha value is -2.54. The van der Waals surface area contributed by atoms with Crippen molar-refractivity contribution in [3.05, 3.63) is 59.4 Å². The van der Waals surface area contributed by atoms with Crippen LogP contribution in [0.5, 0.6) is 5.75 Å². The van der Waals surface area contributed by atoms with Crippen molar-refractivity contribution >= 4 is 5.91 Å². The lowest BCUT2D eigenvalue weighted by atomic mass is 10.0. The summed E-state index contributed by atoms with van der Waals surface area (Å²) in [4.78, 5) is 17.6. The number of benzene rings is 1. The van der Waals surface area contributed by atoms with Gasteiger partial charge < -0.3 is 15.1 Å². The van der Waals surface area contributed by atoms with Crippen molar-refractivity contribution in [3.63, 3.8) is 0 Å². The molecule has 1 aromatic heterocycles. The number of halogens is 2. The minimum atomic E-state index is -0.863. The first kappa shape index (κ1) is 15.4. The molecule has 0 radical (unpaired) electrons. The number of nitrogens with zero attached hydrogens (tertiary/aromatic N) is 2. The summed E-state index contributed by atoms with van der Waals surface area (Å²) in [6.45, 7) is -0.0462. The van der Waals surface area contributed by atoms with Gasteiger partial charge in [-0.3, -0.25) is 4.79 Å². The van der Waals surface area contributed by atoms with Gasteiger partial charge in [0.1, 0.15) is 17.4 Å². The molecule has 120 valence electrons. The zero-order chi connectivity index (χ0) is 16.6. The van der Waals surface area contributed by atoms with Gasteiger partial charge in [0.05, 0.1) is 12.1 Å². The SMILES string of the molecule is O=C(c1ncccc1O)N1C[C@H](O)C[C@H]1c1cc(F)ccc1F. The molecule has 1 fully saturated rings. The minimum absolute atomic E-state index is 0.00896. The molecule has 2 heterocycles. The number of aromatic nitrogens is 1. The number of carbonyl (C=O) groups is 1. The van der Waals surface area contributed by atoms with E-state index in [9.17, 15) is 23.8 Å². The van der Waals surface area contributed by atoms with E-state index in [1.165, 1.54) is 23.2 Å². The highest BCUT2D eigenvalue weighted by molar-refractivity contribution is 5.95. The fourth-order valence-corrected chi connectivity index (χ4v) is 2.80. The van der Waals surface area contributed by atoms with Gasteiger partial charge in [-0.1, -0.05) is 0 Å². The first-order chi connectivity index (χ1) is 11.0. The van der Waals surface area contributed by atoms with Crippen LogP contribution in [0, 0.1) is 11.6 Å².